The van der Waals surface area contributed by atoms with Gasteiger partial charge in [0.2, 0.25) is 0 Å². The SMILES string of the molecule is C=C1CCC2[C@@](C)(CCC3OP(=O)(O)OC[C@]32C)C1C=CC1=CCOC1=O. The standard InChI is InChI=1S/C20H27O6P/c1-13-4-7-16-19(2,15(13)6-5-14-9-11-24-18(14)21)10-8-17-20(16,3)12-25-27(22,23)26-17/h5-6,9,15-17H,1,4,7-8,10-12H2,2-3H3,(H,22,23)/t15?,16?,17?,19-,20-/m0/s1. The van der Waals surface area contributed by atoms with Gasteiger partial charge in [-0.3, -0.25) is 9.05 Å². The highest BCUT2D eigenvalue weighted by Gasteiger charge is 2.61. The highest BCUT2D eigenvalue weighted by molar-refractivity contribution is 7.47. The molecule has 0 spiro atoms. The van der Waals surface area contributed by atoms with Crippen LogP contribution in [-0.2, 0) is 23.1 Å². The van der Waals surface area contributed by atoms with Gasteiger partial charge >= 0.3 is 13.8 Å². The van der Waals surface area contributed by atoms with E-state index < -0.39 is 7.82 Å². The van der Waals surface area contributed by atoms with E-state index in [9.17, 15) is 14.3 Å². The first-order valence-electron chi connectivity index (χ1n) is 9.55. The number of hydrogen-bond donors (Lipinski definition) is 1. The molecule has 2 saturated carbocycles. The van der Waals surface area contributed by atoms with Crippen molar-refractivity contribution in [3.63, 3.8) is 0 Å². The second-order valence-corrected chi connectivity index (χ2v) is 10.1. The topological polar surface area (TPSA) is 82.1 Å². The second kappa shape index (κ2) is 6.41. The fourth-order valence-electron chi connectivity index (χ4n) is 5.75. The monoisotopic (exact) mass is 394 g/mol. The van der Waals surface area contributed by atoms with Gasteiger partial charge in [-0.05, 0) is 43.1 Å². The quantitative estimate of drug-likeness (QED) is 0.434. The number of carbonyl (C=O) groups excluding carboxylic acids is 1. The molecule has 0 aromatic carbocycles. The minimum atomic E-state index is -3.94. The molecule has 148 valence electrons. The molecule has 0 aromatic heterocycles. The fraction of sp³-hybridized carbons (Fsp3) is 0.650. The van der Waals surface area contributed by atoms with Crippen LogP contribution in [0.3, 0.4) is 0 Å². The third-order valence-corrected chi connectivity index (χ3v) is 8.17. The van der Waals surface area contributed by atoms with Crippen LogP contribution < -0.4 is 0 Å². The Morgan fingerprint density at radius 2 is 2.11 bits per heavy atom. The fourth-order valence-corrected chi connectivity index (χ4v) is 6.92. The van der Waals surface area contributed by atoms with Gasteiger partial charge in [0.25, 0.3) is 0 Å². The number of phosphoric ester groups is 1. The zero-order valence-electron chi connectivity index (χ0n) is 15.8. The molecule has 2 heterocycles. The maximum Gasteiger partial charge on any atom is 0.472 e. The van der Waals surface area contributed by atoms with Gasteiger partial charge in [-0.2, -0.15) is 0 Å². The summed E-state index contributed by atoms with van der Waals surface area (Å²) in [5, 5.41) is 0. The summed E-state index contributed by atoms with van der Waals surface area (Å²) in [5.74, 6) is 0.123. The Morgan fingerprint density at radius 3 is 2.81 bits per heavy atom. The third kappa shape index (κ3) is 3.07. The van der Waals surface area contributed by atoms with Gasteiger partial charge in [-0.1, -0.05) is 38.2 Å². The van der Waals surface area contributed by atoms with E-state index in [4.69, 9.17) is 13.8 Å². The van der Waals surface area contributed by atoms with Crippen LogP contribution in [0.5, 0.6) is 0 Å². The van der Waals surface area contributed by atoms with Crippen molar-refractivity contribution in [1.82, 2.24) is 0 Å². The van der Waals surface area contributed by atoms with Crippen LogP contribution in [0, 0.1) is 22.7 Å². The lowest BCUT2D eigenvalue weighted by molar-refractivity contribution is -0.164. The number of carbonyl (C=O) groups is 1. The Kier molecular flexibility index (Phi) is 4.54. The molecule has 7 heteroatoms. The van der Waals surface area contributed by atoms with Gasteiger partial charge in [0.15, 0.2) is 0 Å². The van der Waals surface area contributed by atoms with Crippen LogP contribution in [0.2, 0.25) is 0 Å². The Labute approximate surface area is 159 Å². The van der Waals surface area contributed by atoms with E-state index in [0.717, 1.165) is 19.3 Å². The minimum absolute atomic E-state index is 0.0658. The molecule has 2 aliphatic heterocycles. The van der Waals surface area contributed by atoms with Gasteiger partial charge in [-0.15, -0.1) is 0 Å². The molecule has 4 aliphatic rings. The largest absolute Gasteiger partial charge is 0.472 e. The number of cyclic esters (lactones) is 1. The molecule has 0 radical (unpaired) electrons. The maximum atomic E-state index is 11.9. The van der Waals surface area contributed by atoms with Crippen molar-refractivity contribution in [2.75, 3.05) is 13.2 Å². The summed E-state index contributed by atoms with van der Waals surface area (Å²) in [6.45, 7) is 9.26. The van der Waals surface area contributed by atoms with Crippen LogP contribution in [-0.4, -0.2) is 30.2 Å². The van der Waals surface area contributed by atoms with Crippen LogP contribution in [0.25, 0.3) is 0 Å². The zero-order valence-corrected chi connectivity index (χ0v) is 16.7. The maximum absolute atomic E-state index is 11.9. The van der Waals surface area contributed by atoms with E-state index in [1.807, 2.05) is 6.08 Å². The first-order chi connectivity index (χ1) is 12.7. The highest BCUT2D eigenvalue weighted by Crippen LogP contribution is 2.66. The lowest BCUT2D eigenvalue weighted by atomic mass is 9.46. The van der Waals surface area contributed by atoms with Gasteiger partial charge in [0.1, 0.15) is 6.61 Å². The zero-order chi connectivity index (χ0) is 19.4. The average molecular weight is 394 g/mol. The minimum Gasteiger partial charge on any atom is -0.458 e. The lowest BCUT2D eigenvalue weighted by Crippen LogP contribution is -2.59. The molecule has 4 rings (SSSR count). The van der Waals surface area contributed by atoms with Gasteiger partial charge in [0.05, 0.1) is 18.3 Å². The van der Waals surface area contributed by atoms with Crippen molar-refractivity contribution in [1.29, 1.82) is 0 Å². The number of ether oxygens (including phenoxy) is 1. The van der Waals surface area contributed by atoms with Crippen LogP contribution in [0.15, 0.2) is 36.0 Å². The van der Waals surface area contributed by atoms with E-state index in [0.29, 0.717) is 18.6 Å². The molecule has 2 aliphatic carbocycles. The van der Waals surface area contributed by atoms with Crippen LogP contribution in [0.4, 0.5) is 0 Å². The van der Waals surface area contributed by atoms with Crippen molar-refractivity contribution >= 4 is 13.8 Å². The molecule has 0 amide bonds. The smallest absolute Gasteiger partial charge is 0.458 e. The first-order valence-corrected chi connectivity index (χ1v) is 11.0. The lowest BCUT2D eigenvalue weighted by Gasteiger charge is -2.61. The number of hydrogen-bond acceptors (Lipinski definition) is 5. The second-order valence-electron chi connectivity index (χ2n) is 8.73. The molecule has 4 unspecified atom stereocenters. The van der Waals surface area contributed by atoms with E-state index in [1.54, 1.807) is 6.08 Å². The van der Waals surface area contributed by atoms with Crippen LogP contribution in [0.1, 0.15) is 39.5 Å². The van der Waals surface area contributed by atoms with Crippen LogP contribution >= 0.6 is 7.82 Å². The summed E-state index contributed by atoms with van der Waals surface area (Å²) in [6, 6.07) is 0. The predicted molar refractivity (Wildman–Crippen MR) is 99.6 cm³/mol. The van der Waals surface area contributed by atoms with Gasteiger partial charge in [-0.25, -0.2) is 9.36 Å². The summed E-state index contributed by atoms with van der Waals surface area (Å²) < 4.78 is 27.6. The van der Waals surface area contributed by atoms with Crippen molar-refractivity contribution in [3.05, 3.63) is 36.0 Å². The van der Waals surface area contributed by atoms with Crippen molar-refractivity contribution in [2.45, 2.75) is 45.6 Å². The summed E-state index contributed by atoms with van der Waals surface area (Å²) in [7, 11) is -3.94. The average Bonchev–Trinajstić information content (AvgIpc) is 3.00. The molecule has 6 atom stereocenters. The van der Waals surface area contributed by atoms with Gasteiger partial charge < -0.3 is 9.63 Å². The number of allylic oxidation sites excluding steroid dienone is 2. The van der Waals surface area contributed by atoms with E-state index >= 15 is 0 Å². The Bertz CT molecular complexity index is 785. The first kappa shape index (κ1) is 19.1. The normalized spacial score (nSPS) is 47.4. The molecular weight excluding hydrogens is 367 g/mol. The molecule has 1 N–H and O–H groups in total. The summed E-state index contributed by atoms with van der Waals surface area (Å²) in [6.07, 6.45) is 8.90. The number of fused-ring (bicyclic) bond motifs is 3. The van der Waals surface area contributed by atoms with E-state index in [-0.39, 0.29) is 41.3 Å². The molecule has 6 nitrogen and oxygen atoms in total. The molecule has 1 saturated heterocycles. The summed E-state index contributed by atoms with van der Waals surface area (Å²) in [4.78, 5) is 21.5. The number of rotatable bonds is 2. The Hall–Kier alpha value is -1.20. The highest BCUT2D eigenvalue weighted by atomic mass is 31.2. The van der Waals surface area contributed by atoms with Crippen molar-refractivity contribution in [2.24, 2.45) is 22.7 Å². The third-order valence-electron chi connectivity index (χ3n) is 7.20. The Morgan fingerprint density at radius 1 is 1.33 bits per heavy atom. The molecule has 0 bridgehead atoms. The summed E-state index contributed by atoms with van der Waals surface area (Å²) in [5.41, 5.74) is 1.38. The molecule has 0 aromatic rings. The number of phosphoric acid groups is 1. The molecular formula is C20H27O6P. The van der Waals surface area contributed by atoms with Gasteiger partial charge in [0, 0.05) is 11.3 Å². The van der Waals surface area contributed by atoms with Crippen molar-refractivity contribution < 1.29 is 28.0 Å². The van der Waals surface area contributed by atoms with E-state index in [2.05, 4.69) is 26.5 Å². The van der Waals surface area contributed by atoms with Crippen molar-refractivity contribution in [3.8, 4) is 0 Å². The Balaban J connectivity index is 1.64. The molecule has 3 fully saturated rings. The predicted octanol–water partition coefficient (Wildman–Crippen LogP) is 3.93. The molecule has 27 heavy (non-hydrogen) atoms. The van der Waals surface area contributed by atoms with E-state index in [1.165, 1.54) is 5.57 Å². The number of esters is 1. The summed E-state index contributed by atoms with van der Waals surface area (Å²) >= 11 is 0.